The first-order valence-corrected chi connectivity index (χ1v) is 4.84. The van der Waals surface area contributed by atoms with E-state index in [0.29, 0.717) is 5.58 Å². The third-order valence-corrected chi connectivity index (χ3v) is 2.34. The van der Waals surface area contributed by atoms with Gasteiger partial charge < -0.3 is 9.52 Å². The number of carbonyl (C=O) groups excluding carboxylic acids is 2. The summed E-state index contributed by atoms with van der Waals surface area (Å²) in [6.07, 6.45) is 0.850. The fourth-order valence-corrected chi connectivity index (χ4v) is 1.45. The lowest BCUT2D eigenvalue weighted by Gasteiger charge is -1.98. The normalized spacial score (nSPS) is 10.4. The van der Waals surface area contributed by atoms with Gasteiger partial charge in [0.1, 0.15) is 5.58 Å². The topological polar surface area (TPSA) is 84.6 Å². The third-order valence-electron chi connectivity index (χ3n) is 2.34. The predicted molar refractivity (Wildman–Crippen MR) is 57.8 cm³/mol. The Labute approximate surface area is 95.6 Å². The molecule has 5 nitrogen and oxygen atoms in total. The van der Waals surface area contributed by atoms with Gasteiger partial charge in [-0.3, -0.25) is 9.59 Å². The summed E-state index contributed by atoms with van der Waals surface area (Å²) in [6, 6.07) is 6.45. The number of carbonyl (C=O) groups is 3. The van der Waals surface area contributed by atoms with Crippen LogP contribution in [0.4, 0.5) is 0 Å². The van der Waals surface area contributed by atoms with Crippen LogP contribution in [-0.4, -0.2) is 22.6 Å². The molecule has 0 saturated carbocycles. The first kappa shape index (κ1) is 11.1. The number of carboxylic acid groups (broad SMARTS) is 1. The van der Waals surface area contributed by atoms with E-state index in [1.165, 1.54) is 18.4 Å². The second-order valence-corrected chi connectivity index (χ2v) is 3.50. The van der Waals surface area contributed by atoms with Crippen molar-refractivity contribution < 1.29 is 23.9 Å². The smallest absolute Gasteiger partial charge is 0.372 e. The molecule has 1 aromatic heterocycles. The van der Waals surface area contributed by atoms with Crippen molar-refractivity contribution >= 4 is 28.5 Å². The van der Waals surface area contributed by atoms with Gasteiger partial charge in [0.15, 0.2) is 5.78 Å². The SMILES string of the molecule is O=C(O)C(=O)CC(=O)c1ccc2ccoc2c1. The lowest BCUT2D eigenvalue weighted by atomic mass is 10.1. The molecule has 86 valence electrons. The fourth-order valence-electron chi connectivity index (χ4n) is 1.45. The molecule has 0 amide bonds. The van der Waals surface area contributed by atoms with Crippen molar-refractivity contribution in [3.63, 3.8) is 0 Å². The van der Waals surface area contributed by atoms with E-state index in [4.69, 9.17) is 9.52 Å². The molecule has 2 aromatic rings. The molecule has 0 aliphatic heterocycles. The maximum atomic E-state index is 11.6. The van der Waals surface area contributed by atoms with Gasteiger partial charge in [-0.05, 0) is 12.1 Å². The number of carboxylic acids is 1. The molecule has 0 bridgehead atoms. The number of benzene rings is 1. The summed E-state index contributed by atoms with van der Waals surface area (Å²) in [7, 11) is 0. The van der Waals surface area contributed by atoms with E-state index in [9.17, 15) is 14.4 Å². The highest BCUT2D eigenvalue weighted by atomic mass is 16.4. The van der Waals surface area contributed by atoms with Crippen molar-refractivity contribution in [2.24, 2.45) is 0 Å². The molecule has 17 heavy (non-hydrogen) atoms. The van der Waals surface area contributed by atoms with Crippen LogP contribution in [-0.2, 0) is 9.59 Å². The minimum Gasteiger partial charge on any atom is -0.475 e. The molecule has 0 unspecified atom stereocenters. The highest BCUT2D eigenvalue weighted by Crippen LogP contribution is 2.17. The molecule has 2 rings (SSSR count). The number of hydrogen-bond acceptors (Lipinski definition) is 4. The Kier molecular flexibility index (Phi) is 2.74. The standard InChI is InChI=1S/C12H8O5/c13-9(6-10(14)12(15)16)8-2-1-7-3-4-17-11(7)5-8/h1-5H,6H2,(H,15,16). The van der Waals surface area contributed by atoms with Crippen molar-refractivity contribution in [3.05, 3.63) is 36.1 Å². The molecule has 0 atom stereocenters. The number of furan rings is 1. The summed E-state index contributed by atoms with van der Waals surface area (Å²) in [5, 5.41) is 9.24. The van der Waals surface area contributed by atoms with Crippen molar-refractivity contribution in [2.75, 3.05) is 0 Å². The number of hydrogen-bond donors (Lipinski definition) is 1. The van der Waals surface area contributed by atoms with Gasteiger partial charge in [0.05, 0.1) is 12.7 Å². The van der Waals surface area contributed by atoms with Crippen LogP contribution in [0, 0.1) is 0 Å². The number of Topliss-reactive ketones (excluding diaryl/α,β-unsaturated/α-hetero) is 2. The zero-order valence-electron chi connectivity index (χ0n) is 8.67. The van der Waals surface area contributed by atoms with E-state index >= 15 is 0 Å². The highest BCUT2D eigenvalue weighted by molar-refractivity contribution is 6.37. The van der Waals surface area contributed by atoms with E-state index in [2.05, 4.69) is 0 Å². The molecule has 0 aliphatic rings. The minimum atomic E-state index is -1.60. The molecule has 0 spiro atoms. The van der Waals surface area contributed by atoms with E-state index in [0.717, 1.165) is 5.39 Å². The van der Waals surface area contributed by atoms with Crippen LogP contribution in [0.1, 0.15) is 16.8 Å². The summed E-state index contributed by atoms with van der Waals surface area (Å²) in [6.45, 7) is 0. The van der Waals surface area contributed by atoms with Gasteiger partial charge in [0, 0.05) is 10.9 Å². The van der Waals surface area contributed by atoms with Crippen LogP contribution < -0.4 is 0 Å². The summed E-state index contributed by atoms with van der Waals surface area (Å²) >= 11 is 0. The Morgan fingerprint density at radius 2 is 1.94 bits per heavy atom. The van der Waals surface area contributed by atoms with Gasteiger partial charge in [-0.15, -0.1) is 0 Å². The van der Waals surface area contributed by atoms with E-state index in [1.54, 1.807) is 12.1 Å². The van der Waals surface area contributed by atoms with Crippen LogP contribution in [0.3, 0.4) is 0 Å². The van der Waals surface area contributed by atoms with Crippen molar-refractivity contribution in [2.45, 2.75) is 6.42 Å². The first-order valence-electron chi connectivity index (χ1n) is 4.84. The molecule has 0 fully saturated rings. The van der Waals surface area contributed by atoms with Gasteiger partial charge in [-0.25, -0.2) is 4.79 Å². The zero-order valence-corrected chi connectivity index (χ0v) is 8.67. The molecule has 5 heteroatoms. The van der Waals surface area contributed by atoms with Crippen LogP contribution in [0.15, 0.2) is 34.9 Å². The Morgan fingerprint density at radius 1 is 1.18 bits per heavy atom. The summed E-state index contributed by atoms with van der Waals surface area (Å²) in [4.78, 5) is 32.8. The molecule has 1 heterocycles. The number of ketones is 2. The number of fused-ring (bicyclic) bond motifs is 1. The van der Waals surface area contributed by atoms with Crippen molar-refractivity contribution in [1.82, 2.24) is 0 Å². The average Bonchev–Trinajstić information content (AvgIpc) is 2.75. The second kappa shape index (κ2) is 4.21. The van der Waals surface area contributed by atoms with Gasteiger partial charge in [0.2, 0.25) is 5.78 Å². The zero-order chi connectivity index (χ0) is 12.4. The molecule has 0 saturated heterocycles. The number of aliphatic carboxylic acids is 1. The molecule has 1 N–H and O–H groups in total. The maximum absolute atomic E-state index is 11.6. The Morgan fingerprint density at radius 3 is 2.65 bits per heavy atom. The van der Waals surface area contributed by atoms with Crippen LogP contribution in [0.5, 0.6) is 0 Å². The monoisotopic (exact) mass is 232 g/mol. The van der Waals surface area contributed by atoms with Crippen molar-refractivity contribution in [3.8, 4) is 0 Å². The van der Waals surface area contributed by atoms with E-state index in [-0.39, 0.29) is 5.56 Å². The van der Waals surface area contributed by atoms with Crippen molar-refractivity contribution in [1.29, 1.82) is 0 Å². The Hall–Kier alpha value is -2.43. The quantitative estimate of drug-likeness (QED) is 0.492. The van der Waals surface area contributed by atoms with Crippen LogP contribution in [0.25, 0.3) is 11.0 Å². The van der Waals surface area contributed by atoms with Gasteiger partial charge >= 0.3 is 5.97 Å². The van der Waals surface area contributed by atoms with Crippen LogP contribution >= 0.6 is 0 Å². The van der Waals surface area contributed by atoms with E-state index < -0.39 is 24.0 Å². The predicted octanol–water partition coefficient (Wildman–Crippen LogP) is 1.66. The van der Waals surface area contributed by atoms with Gasteiger partial charge in [0.25, 0.3) is 0 Å². The molecular weight excluding hydrogens is 224 g/mol. The van der Waals surface area contributed by atoms with Gasteiger partial charge in [-0.1, -0.05) is 12.1 Å². The number of rotatable bonds is 4. The van der Waals surface area contributed by atoms with Gasteiger partial charge in [-0.2, -0.15) is 0 Å². The molecular formula is C12H8O5. The average molecular weight is 232 g/mol. The molecule has 0 radical (unpaired) electrons. The second-order valence-electron chi connectivity index (χ2n) is 3.50. The Bertz CT molecular complexity index is 608. The largest absolute Gasteiger partial charge is 0.475 e. The molecule has 0 aliphatic carbocycles. The fraction of sp³-hybridized carbons (Fsp3) is 0.0833. The lowest BCUT2D eigenvalue weighted by Crippen LogP contribution is -2.17. The molecule has 1 aromatic carbocycles. The van der Waals surface area contributed by atoms with E-state index in [1.807, 2.05) is 0 Å². The lowest BCUT2D eigenvalue weighted by molar-refractivity contribution is -0.148. The third kappa shape index (κ3) is 2.23. The minimum absolute atomic E-state index is 0.266. The summed E-state index contributed by atoms with van der Waals surface area (Å²) < 4.78 is 5.11. The Balaban J connectivity index is 2.24. The maximum Gasteiger partial charge on any atom is 0.372 e. The summed E-state index contributed by atoms with van der Waals surface area (Å²) in [5.74, 6) is -3.25. The first-order chi connectivity index (χ1) is 8.08. The van der Waals surface area contributed by atoms with Crippen LogP contribution in [0.2, 0.25) is 0 Å². The highest BCUT2D eigenvalue weighted by Gasteiger charge is 2.18. The summed E-state index contributed by atoms with van der Waals surface area (Å²) in [5.41, 5.74) is 0.792.